The van der Waals surface area contributed by atoms with Gasteiger partial charge in [-0.05, 0) is 79.7 Å². The number of hydrogen-bond donors (Lipinski definition) is 0. The van der Waals surface area contributed by atoms with Crippen LogP contribution >= 0.6 is 0 Å². The van der Waals surface area contributed by atoms with Gasteiger partial charge >= 0.3 is 5.97 Å². The highest BCUT2D eigenvalue weighted by atomic mass is 19.1. The van der Waals surface area contributed by atoms with Crippen LogP contribution < -0.4 is 4.74 Å². The van der Waals surface area contributed by atoms with Crippen LogP contribution in [0, 0.1) is 5.92 Å². The largest absolute Gasteiger partial charge is 0.493 e. The molecule has 0 amide bonds. The summed E-state index contributed by atoms with van der Waals surface area (Å²) in [5, 5.41) is 0. The summed E-state index contributed by atoms with van der Waals surface area (Å²) in [5.74, 6) is 0.637. The molecule has 1 aliphatic rings. The van der Waals surface area contributed by atoms with E-state index in [9.17, 15) is 9.18 Å². The average molecular weight is 455 g/mol. The highest BCUT2D eigenvalue weighted by Crippen LogP contribution is 2.29. The van der Waals surface area contributed by atoms with Crippen LogP contribution in [0.3, 0.4) is 0 Å². The highest BCUT2D eigenvalue weighted by Gasteiger charge is 2.27. The zero-order valence-electron chi connectivity index (χ0n) is 20.2. The molecule has 0 aromatic heterocycles. The molecule has 1 saturated carbocycles. The minimum absolute atomic E-state index is 0.152. The number of hydrogen-bond acceptors (Lipinski definition) is 3. The fourth-order valence-corrected chi connectivity index (χ4v) is 4.36. The van der Waals surface area contributed by atoms with Crippen molar-refractivity contribution < 1.29 is 18.7 Å². The van der Waals surface area contributed by atoms with Gasteiger partial charge in [0.15, 0.2) is 6.17 Å². The first-order valence-corrected chi connectivity index (χ1v) is 12.8. The van der Waals surface area contributed by atoms with Crippen molar-refractivity contribution in [3.63, 3.8) is 0 Å². The van der Waals surface area contributed by atoms with E-state index in [0.29, 0.717) is 18.9 Å². The monoisotopic (exact) mass is 454 g/mol. The van der Waals surface area contributed by atoms with Crippen LogP contribution in [0.25, 0.3) is 11.1 Å². The van der Waals surface area contributed by atoms with Crippen molar-refractivity contribution in [2.45, 2.75) is 90.3 Å². The number of ether oxygens (including phenoxy) is 2. The highest BCUT2D eigenvalue weighted by molar-refractivity contribution is 5.74. The lowest BCUT2D eigenvalue weighted by molar-refractivity contribution is -0.157. The molecule has 3 nitrogen and oxygen atoms in total. The summed E-state index contributed by atoms with van der Waals surface area (Å²) >= 11 is 0. The number of aryl methyl sites for hydroxylation is 1. The number of halogens is 1. The molecule has 0 saturated heterocycles. The summed E-state index contributed by atoms with van der Waals surface area (Å²) in [6.07, 6.45) is 7.27. The predicted octanol–water partition coefficient (Wildman–Crippen LogP) is 7.71. The SMILES string of the molecule is CCCCc1ccc(-c2ccc(OCC3CCC(OC(=O)[C@@H](F)CCCC)CC3)cc2)cc1. The Bertz CT molecular complexity index is 823. The third-order valence-electron chi connectivity index (χ3n) is 6.59. The van der Waals surface area contributed by atoms with Crippen LogP contribution in [-0.2, 0) is 16.0 Å². The molecule has 2 aromatic rings. The summed E-state index contributed by atoms with van der Waals surface area (Å²) in [6, 6.07) is 17.1. The average Bonchev–Trinajstić information content (AvgIpc) is 2.86. The molecule has 0 heterocycles. The van der Waals surface area contributed by atoms with Crippen molar-refractivity contribution in [3.05, 3.63) is 54.1 Å². The molecular formula is C29H39FO3. The fourth-order valence-electron chi connectivity index (χ4n) is 4.36. The fraction of sp³-hybridized carbons (Fsp3) is 0.552. The smallest absolute Gasteiger partial charge is 0.340 e. The summed E-state index contributed by atoms with van der Waals surface area (Å²) in [6.45, 7) is 4.87. The second-order valence-corrected chi connectivity index (χ2v) is 9.33. The van der Waals surface area contributed by atoms with Crippen LogP contribution in [0.2, 0.25) is 0 Å². The Morgan fingerprint density at radius 2 is 1.52 bits per heavy atom. The Hall–Kier alpha value is -2.36. The minimum Gasteiger partial charge on any atom is -0.493 e. The molecule has 0 N–H and O–H groups in total. The number of carbonyl (C=O) groups excluding carboxylic acids is 1. The number of benzene rings is 2. The lowest BCUT2D eigenvalue weighted by Gasteiger charge is -2.28. The normalized spacial score (nSPS) is 19.1. The van der Waals surface area contributed by atoms with Gasteiger partial charge in [-0.15, -0.1) is 0 Å². The van der Waals surface area contributed by atoms with Gasteiger partial charge in [0.2, 0.25) is 0 Å². The van der Waals surface area contributed by atoms with E-state index in [0.717, 1.165) is 44.3 Å². The first-order chi connectivity index (χ1) is 16.1. The van der Waals surface area contributed by atoms with Gasteiger partial charge in [-0.2, -0.15) is 0 Å². The quantitative estimate of drug-likeness (QED) is 0.308. The predicted molar refractivity (Wildman–Crippen MR) is 132 cm³/mol. The van der Waals surface area contributed by atoms with E-state index in [1.165, 1.54) is 29.5 Å². The van der Waals surface area contributed by atoms with Crippen molar-refractivity contribution in [2.75, 3.05) is 6.61 Å². The lowest BCUT2D eigenvalue weighted by atomic mass is 9.88. The number of carbonyl (C=O) groups is 1. The topological polar surface area (TPSA) is 35.5 Å². The molecule has 3 rings (SSSR count). The van der Waals surface area contributed by atoms with Gasteiger partial charge in [0.1, 0.15) is 11.9 Å². The van der Waals surface area contributed by atoms with E-state index in [-0.39, 0.29) is 12.5 Å². The van der Waals surface area contributed by atoms with Crippen LogP contribution in [0.15, 0.2) is 48.5 Å². The standard InChI is InChI=1S/C29H39FO3/c1-3-5-7-22-9-13-24(14-10-22)25-15-19-26(20-16-25)32-21-23-11-17-27(18-12-23)33-29(31)28(30)8-6-4-2/h9-10,13-16,19-20,23,27-28H,3-8,11-12,17-18,21H2,1-2H3/t23?,27?,28-/m0/s1. The zero-order chi connectivity index (χ0) is 23.5. The van der Waals surface area contributed by atoms with Gasteiger partial charge in [-0.25, -0.2) is 9.18 Å². The van der Waals surface area contributed by atoms with Gasteiger partial charge in [0.25, 0.3) is 0 Å². The Labute approximate surface area is 198 Å². The van der Waals surface area contributed by atoms with Gasteiger partial charge in [-0.1, -0.05) is 69.5 Å². The summed E-state index contributed by atoms with van der Waals surface area (Å²) in [5.41, 5.74) is 3.81. The molecule has 0 bridgehead atoms. The molecule has 0 spiro atoms. The van der Waals surface area contributed by atoms with Gasteiger partial charge in [-0.3, -0.25) is 0 Å². The molecule has 180 valence electrons. The molecule has 1 fully saturated rings. The molecule has 4 heteroatoms. The Balaban J connectivity index is 1.39. The molecule has 33 heavy (non-hydrogen) atoms. The molecule has 1 aliphatic carbocycles. The second-order valence-electron chi connectivity index (χ2n) is 9.33. The molecule has 0 unspecified atom stereocenters. The number of rotatable bonds is 12. The third kappa shape index (κ3) is 8.17. The number of alkyl halides is 1. The zero-order valence-corrected chi connectivity index (χ0v) is 20.2. The summed E-state index contributed by atoms with van der Waals surface area (Å²) < 4.78 is 25.2. The van der Waals surface area contributed by atoms with Crippen LogP contribution in [0.5, 0.6) is 5.75 Å². The van der Waals surface area contributed by atoms with Gasteiger partial charge in [0.05, 0.1) is 6.61 Å². The van der Waals surface area contributed by atoms with Crippen molar-refractivity contribution >= 4 is 5.97 Å². The maximum atomic E-state index is 13.8. The van der Waals surface area contributed by atoms with Gasteiger partial charge < -0.3 is 9.47 Å². The Kier molecular flexibility index (Phi) is 10.2. The van der Waals surface area contributed by atoms with Crippen LogP contribution in [0.4, 0.5) is 4.39 Å². The molecule has 0 radical (unpaired) electrons. The van der Waals surface area contributed by atoms with Crippen molar-refractivity contribution in [2.24, 2.45) is 5.92 Å². The molecule has 1 atom stereocenters. The van der Waals surface area contributed by atoms with E-state index in [1.54, 1.807) is 0 Å². The molecule has 0 aliphatic heterocycles. The summed E-state index contributed by atoms with van der Waals surface area (Å²) in [4.78, 5) is 11.9. The van der Waals surface area contributed by atoms with E-state index >= 15 is 0 Å². The molecular weight excluding hydrogens is 415 g/mol. The van der Waals surface area contributed by atoms with Crippen LogP contribution in [0.1, 0.15) is 77.2 Å². The van der Waals surface area contributed by atoms with E-state index in [2.05, 4.69) is 43.3 Å². The first kappa shape index (κ1) is 25.3. The van der Waals surface area contributed by atoms with Crippen molar-refractivity contribution in [1.82, 2.24) is 0 Å². The van der Waals surface area contributed by atoms with E-state index < -0.39 is 12.1 Å². The first-order valence-electron chi connectivity index (χ1n) is 12.8. The maximum absolute atomic E-state index is 13.8. The Morgan fingerprint density at radius 3 is 2.12 bits per heavy atom. The second kappa shape index (κ2) is 13.4. The van der Waals surface area contributed by atoms with E-state index in [4.69, 9.17) is 9.47 Å². The maximum Gasteiger partial charge on any atom is 0.340 e. The number of unbranched alkanes of at least 4 members (excludes halogenated alkanes) is 2. The third-order valence-corrected chi connectivity index (χ3v) is 6.59. The van der Waals surface area contributed by atoms with Gasteiger partial charge in [0, 0.05) is 0 Å². The van der Waals surface area contributed by atoms with Crippen molar-refractivity contribution in [1.29, 1.82) is 0 Å². The molecule has 2 aromatic carbocycles. The van der Waals surface area contributed by atoms with Crippen molar-refractivity contribution in [3.8, 4) is 16.9 Å². The summed E-state index contributed by atoms with van der Waals surface area (Å²) in [7, 11) is 0. The minimum atomic E-state index is -1.48. The van der Waals surface area contributed by atoms with E-state index in [1.807, 2.05) is 19.1 Å². The van der Waals surface area contributed by atoms with Crippen LogP contribution in [-0.4, -0.2) is 24.9 Å². The Morgan fingerprint density at radius 1 is 0.909 bits per heavy atom. The number of esters is 1. The lowest BCUT2D eigenvalue weighted by Crippen LogP contribution is -2.30.